The molecule has 2 atom stereocenters. The molecule has 1 aromatic carbocycles. The zero-order chi connectivity index (χ0) is 21.1. The number of nitrogens with zero attached hydrogens (tertiary/aromatic N) is 1. The molecule has 1 aliphatic rings. The second kappa shape index (κ2) is 12.3. The van der Waals surface area contributed by atoms with Crippen molar-refractivity contribution in [2.75, 3.05) is 25.4 Å². The molecule has 6 heteroatoms. The molecule has 0 radical (unpaired) electrons. The first-order valence-electron chi connectivity index (χ1n) is 11.3. The molecule has 1 heterocycles. The highest BCUT2D eigenvalue weighted by Gasteiger charge is 2.32. The van der Waals surface area contributed by atoms with Gasteiger partial charge in [0.25, 0.3) is 0 Å². The zero-order valence-corrected chi connectivity index (χ0v) is 18.9. The van der Waals surface area contributed by atoms with Gasteiger partial charge in [-0.25, -0.2) is 12.7 Å². The van der Waals surface area contributed by atoms with Crippen LogP contribution in [-0.2, 0) is 21.2 Å². The van der Waals surface area contributed by atoms with Crippen molar-refractivity contribution in [1.82, 2.24) is 9.62 Å². The van der Waals surface area contributed by atoms with Gasteiger partial charge in [0.1, 0.15) is 0 Å². The van der Waals surface area contributed by atoms with Crippen LogP contribution in [0.3, 0.4) is 0 Å². The van der Waals surface area contributed by atoms with Gasteiger partial charge in [-0.1, -0.05) is 63.4 Å². The van der Waals surface area contributed by atoms with Crippen molar-refractivity contribution in [2.45, 2.75) is 65.2 Å². The lowest BCUT2D eigenvalue weighted by molar-refractivity contribution is -0.126. The van der Waals surface area contributed by atoms with Crippen molar-refractivity contribution in [3.8, 4) is 0 Å². The van der Waals surface area contributed by atoms with E-state index in [0.29, 0.717) is 32.0 Å². The Bertz CT molecular complexity index is 706. The first kappa shape index (κ1) is 23.9. The maximum atomic E-state index is 12.8. The summed E-state index contributed by atoms with van der Waals surface area (Å²) in [5.74, 6) is 0.450. The largest absolute Gasteiger partial charge is 0.356 e. The molecule has 5 nitrogen and oxygen atoms in total. The number of unbranched alkanes of at least 4 members (excludes halogenated alkanes) is 1. The van der Waals surface area contributed by atoms with Gasteiger partial charge in [0.05, 0.1) is 11.7 Å². The molecule has 1 amide bonds. The number of piperidine rings is 1. The lowest BCUT2D eigenvalue weighted by atomic mass is 9.96. The molecule has 1 aromatic rings. The lowest BCUT2D eigenvalue weighted by Gasteiger charge is -2.31. The Morgan fingerprint density at radius 2 is 1.97 bits per heavy atom. The second-order valence-electron chi connectivity index (χ2n) is 8.26. The van der Waals surface area contributed by atoms with Crippen molar-refractivity contribution in [3.63, 3.8) is 0 Å². The van der Waals surface area contributed by atoms with Crippen LogP contribution in [0.5, 0.6) is 0 Å². The Kier molecular flexibility index (Phi) is 10.2. The third-order valence-electron chi connectivity index (χ3n) is 5.97. The Hall–Kier alpha value is -1.40. The number of nitrogens with one attached hydrogen (secondary N) is 1. The standard InChI is InChI=1S/C23H38N2O3S/c1-3-5-11-20(4-2)18-24-23(26)22-15-9-16-25(19-22)29(27,28)17-10-14-21-12-7-6-8-13-21/h6-8,12-13,20,22H,3-5,9-11,14-19H2,1-2H3,(H,24,26)/t20-,22-/m1/s1. The predicted octanol–water partition coefficient (Wildman–Crippen LogP) is 3.99. The summed E-state index contributed by atoms with van der Waals surface area (Å²) in [5.41, 5.74) is 1.16. The quantitative estimate of drug-likeness (QED) is 0.554. The van der Waals surface area contributed by atoms with Crippen LogP contribution in [0.15, 0.2) is 30.3 Å². The molecule has 0 aromatic heterocycles. The highest BCUT2D eigenvalue weighted by atomic mass is 32.2. The van der Waals surface area contributed by atoms with Crippen molar-refractivity contribution in [2.24, 2.45) is 11.8 Å². The fourth-order valence-corrected chi connectivity index (χ4v) is 5.56. The van der Waals surface area contributed by atoms with Crippen LogP contribution in [-0.4, -0.2) is 44.0 Å². The summed E-state index contributed by atoms with van der Waals surface area (Å²) in [6.45, 7) is 5.91. The number of hydrogen-bond acceptors (Lipinski definition) is 3. The van der Waals surface area contributed by atoms with Crippen molar-refractivity contribution in [3.05, 3.63) is 35.9 Å². The van der Waals surface area contributed by atoms with Crippen LogP contribution < -0.4 is 5.32 Å². The van der Waals surface area contributed by atoms with Crippen LogP contribution in [0.1, 0.15) is 64.4 Å². The molecular weight excluding hydrogens is 384 g/mol. The molecule has 1 aliphatic heterocycles. The molecule has 0 saturated carbocycles. The van der Waals surface area contributed by atoms with E-state index >= 15 is 0 Å². The van der Waals surface area contributed by atoms with Gasteiger partial charge in [0, 0.05) is 19.6 Å². The smallest absolute Gasteiger partial charge is 0.224 e. The molecule has 0 aliphatic carbocycles. The Labute approximate surface area is 177 Å². The molecule has 164 valence electrons. The summed E-state index contributed by atoms with van der Waals surface area (Å²) in [6.07, 6.45) is 7.45. The third-order valence-corrected chi connectivity index (χ3v) is 7.89. The third kappa shape index (κ3) is 8.09. The molecule has 29 heavy (non-hydrogen) atoms. The average molecular weight is 423 g/mol. The zero-order valence-electron chi connectivity index (χ0n) is 18.1. The molecule has 0 spiro atoms. The van der Waals surface area contributed by atoms with E-state index in [1.54, 1.807) is 4.31 Å². The molecule has 0 bridgehead atoms. The van der Waals surface area contributed by atoms with E-state index in [0.717, 1.165) is 37.7 Å². The summed E-state index contributed by atoms with van der Waals surface area (Å²) < 4.78 is 27.1. The van der Waals surface area contributed by atoms with Gasteiger partial charge in [-0.2, -0.15) is 0 Å². The van der Waals surface area contributed by atoms with E-state index in [2.05, 4.69) is 19.2 Å². The van der Waals surface area contributed by atoms with Gasteiger partial charge in [-0.15, -0.1) is 0 Å². The number of amides is 1. The van der Waals surface area contributed by atoms with Gasteiger partial charge in [0.15, 0.2) is 0 Å². The van der Waals surface area contributed by atoms with Crippen LogP contribution in [0.4, 0.5) is 0 Å². The fraction of sp³-hybridized carbons (Fsp3) is 0.696. The minimum absolute atomic E-state index is 0.0177. The first-order valence-corrected chi connectivity index (χ1v) is 12.9. The number of carbonyl (C=O) groups excluding carboxylic acids is 1. The SMILES string of the molecule is CCCC[C@@H](CC)CNC(=O)[C@@H]1CCCN(S(=O)(=O)CCCc2ccccc2)C1. The minimum atomic E-state index is -3.31. The van der Waals surface area contributed by atoms with Gasteiger partial charge in [-0.05, 0) is 43.6 Å². The van der Waals surface area contributed by atoms with E-state index in [1.165, 1.54) is 12.8 Å². The monoisotopic (exact) mass is 422 g/mol. The summed E-state index contributed by atoms with van der Waals surface area (Å²) in [7, 11) is -3.31. The summed E-state index contributed by atoms with van der Waals surface area (Å²) in [4.78, 5) is 12.6. The van der Waals surface area contributed by atoms with Crippen molar-refractivity contribution >= 4 is 15.9 Å². The van der Waals surface area contributed by atoms with Gasteiger partial charge in [0.2, 0.25) is 15.9 Å². The number of carbonyl (C=O) groups is 1. The number of hydrogen-bond donors (Lipinski definition) is 1. The van der Waals surface area contributed by atoms with E-state index in [-0.39, 0.29) is 17.6 Å². The average Bonchev–Trinajstić information content (AvgIpc) is 2.74. The maximum absolute atomic E-state index is 12.8. The van der Waals surface area contributed by atoms with E-state index in [1.807, 2.05) is 30.3 Å². The number of sulfonamides is 1. The van der Waals surface area contributed by atoms with E-state index in [9.17, 15) is 13.2 Å². The fourth-order valence-electron chi connectivity index (χ4n) is 3.97. The minimum Gasteiger partial charge on any atom is -0.356 e. The van der Waals surface area contributed by atoms with Gasteiger partial charge >= 0.3 is 0 Å². The van der Waals surface area contributed by atoms with Crippen molar-refractivity contribution in [1.29, 1.82) is 0 Å². The predicted molar refractivity (Wildman–Crippen MR) is 119 cm³/mol. The number of benzene rings is 1. The summed E-state index contributed by atoms with van der Waals surface area (Å²) in [6, 6.07) is 9.97. The molecule has 1 N–H and O–H groups in total. The normalized spacial score (nSPS) is 19.0. The molecule has 2 rings (SSSR count). The lowest BCUT2D eigenvalue weighted by Crippen LogP contribution is -2.46. The van der Waals surface area contributed by atoms with Crippen LogP contribution in [0, 0.1) is 11.8 Å². The van der Waals surface area contributed by atoms with Gasteiger partial charge < -0.3 is 5.32 Å². The first-order chi connectivity index (χ1) is 14.0. The second-order valence-corrected chi connectivity index (χ2v) is 10.4. The highest BCUT2D eigenvalue weighted by molar-refractivity contribution is 7.89. The Morgan fingerprint density at radius 3 is 2.66 bits per heavy atom. The number of aryl methyl sites for hydroxylation is 1. The maximum Gasteiger partial charge on any atom is 0.224 e. The molecule has 1 fully saturated rings. The van der Waals surface area contributed by atoms with E-state index in [4.69, 9.17) is 0 Å². The van der Waals surface area contributed by atoms with E-state index < -0.39 is 10.0 Å². The highest BCUT2D eigenvalue weighted by Crippen LogP contribution is 2.21. The van der Waals surface area contributed by atoms with Crippen LogP contribution >= 0.6 is 0 Å². The van der Waals surface area contributed by atoms with Crippen LogP contribution in [0.2, 0.25) is 0 Å². The topological polar surface area (TPSA) is 66.5 Å². The summed E-state index contributed by atoms with van der Waals surface area (Å²) in [5, 5.41) is 3.09. The van der Waals surface area contributed by atoms with Gasteiger partial charge in [-0.3, -0.25) is 4.79 Å². The molecule has 0 unspecified atom stereocenters. The molecular formula is C23H38N2O3S. The Balaban J connectivity index is 1.81. The van der Waals surface area contributed by atoms with Crippen molar-refractivity contribution < 1.29 is 13.2 Å². The number of rotatable bonds is 12. The Morgan fingerprint density at radius 1 is 1.21 bits per heavy atom. The van der Waals surface area contributed by atoms with Crippen LogP contribution in [0.25, 0.3) is 0 Å². The molecule has 1 saturated heterocycles. The summed E-state index contributed by atoms with van der Waals surface area (Å²) >= 11 is 0.